The topological polar surface area (TPSA) is 118 Å². The standard InChI is InChI=1S/C13H18N4O3/c1-8-4-6-13(7-5-8,12(19)20)15-10-3-2-9(11(14)18)16-17-10/h2-3,8H,4-7H2,1H3,(H2,14,18)(H,15,17)(H,19,20). The molecule has 1 aliphatic rings. The largest absolute Gasteiger partial charge is 0.480 e. The van der Waals surface area contributed by atoms with Gasteiger partial charge >= 0.3 is 5.97 Å². The van der Waals surface area contributed by atoms with E-state index in [0.717, 1.165) is 12.8 Å². The lowest BCUT2D eigenvalue weighted by Gasteiger charge is -2.36. The summed E-state index contributed by atoms with van der Waals surface area (Å²) in [6.45, 7) is 2.12. The summed E-state index contributed by atoms with van der Waals surface area (Å²) in [6, 6.07) is 2.95. The number of rotatable bonds is 4. The van der Waals surface area contributed by atoms with E-state index in [0.29, 0.717) is 24.6 Å². The molecule has 1 aliphatic carbocycles. The van der Waals surface area contributed by atoms with Crippen molar-refractivity contribution in [2.45, 2.75) is 38.1 Å². The molecule has 1 saturated carbocycles. The molecule has 1 aromatic heterocycles. The maximum Gasteiger partial charge on any atom is 0.329 e. The second-order valence-electron chi connectivity index (χ2n) is 5.36. The van der Waals surface area contributed by atoms with Crippen LogP contribution in [0.2, 0.25) is 0 Å². The van der Waals surface area contributed by atoms with Crippen molar-refractivity contribution in [3.8, 4) is 0 Å². The normalized spacial score (nSPS) is 25.9. The molecule has 1 aromatic rings. The number of carboxylic acid groups (broad SMARTS) is 1. The molecule has 4 N–H and O–H groups in total. The maximum atomic E-state index is 11.6. The molecule has 0 saturated heterocycles. The van der Waals surface area contributed by atoms with Gasteiger partial charge in [-0.1, -0.05) is 6.92 Å². The summed E-state index contributed by atoms with van der Waals surface area (Å²) in [5.74, 6) is -0.673. The van der Waals surface area contributed by atoms with Crippen LogP contribution in [0, 0.1) is 5.92 Å². The van der Waals surface area contributed by atoms with Crippen LogP contribution in [0.25, 0.3) is 0 Å². The number of nitrogens with zero attached hydrogens (tertiary/aromatic N) is 2. The van der Waals surface area contributed by atoms with E-state index in [9.17, 15) is 14.7 Å². The van der Waals surface area contributed by atoms with Gasteiger partial charge in [0, 0.05) is 0 Å². The Hall–Kier alpha value is -2.18. The van der Waals surface area contributed by atoms with Gasteiger partial charge in [0.25, 0.3) is 5.91 Å². The molecule has 0 aromatic carbocycles. The number of aliphatic carboxylic acids is 1. The second kappa shape index (κ2) is 5.44. The Morgan fingerprint density at radius 2 is 2.00 bits per heavy atom. The zero-order valence-corrected chi connectivity index (χ0v) is 11.3. The van der Waals surface area contributed by atoms with Gasteiger partial charge in [-0.15, -0.1) is 10.2 Å². The Balaban J connectivity index is 2.16. The van der Waals surface area contributed by atoms with Crippen molar-refractivity contribution in [1.82, 2.24) is 10.2 Å². The van der Waals surface area contributed by atoms with Crippen molar-refractivity contribution in [1.29, 1.82) is 0 Å². The number of anilines is 1. The van der Waals surface area contributed by atoms with Gasteiger partial charge in [0.2, 0.25) is 0 Å². The third-order valence-corrected chi connectivity index (χ3v) is 3.82. The number of carbonyl (C=O) groups is 2. The van der Waals surface area contributed by atoms with E-state index in [2.05, 4.69) is 22.4 Å². The van der Waals surface area contributed by atoms with Crippen LogP contribution >= 0.6 is 0 Å². The molecule has 20 heavy (non-hydrogen) atoms. The predicted molar refractivity (Wildman–Crippen MR) is 72.2 cm³/mol. The molecule has 0 radical (unpaired) electrons. The summed E-state index contributed by atoms with van der Waals surface area (Å²) < 4.78 is 0. The first-order chi connectivity index (χ1) is 9.43. The Kier molecular flexibility index (Phi) is 3.87. The summed E-state index contributed by atoms with van der Waals surface area (Å²) in [7, 11) is 0. The van der Waals surface area contributed by atoms with Crippen LogP contribution in [-0.4, -0.2) is 32.7 Å². The Morgan fingerprint density at radius 1 is 1.35 bits per heavy atom. The van der Waals surface area contributed by atoms with Crippen molar-refractivity contribution in [2.75, 3.05) is 5.32 Å². The van der Waals surface area contributed by atoms with E-state index in [-0.39, 0.29) is 5.69 Å². The van der Waals surface area contributed by atoms with Gasteiger partial charge in [0.05, 0.1) is 0 Å². The van der Waals surface area contributed by atoms with Gasteiger partial charge in [-0.05, 0) is 43.7 Å². The molecule has 0 unspecified atom stereocenters. The van der Waals surface area contributed by atoms with Crippen LogP contribution in [0.3, 0.4) is 0 Å². The summed E-state index contributed by atoms with van der Waals surface area (Å²) in [6.07, 6.45) is 2.80. The lowest BCUT2D eigenvalue weighted by molar-refractivity contribution is -0.143. The Labute approximate surface area is 116 Å². The Morgan fingerprint density at radius 3 is 2.45 bits per heavy atom. The van der Waals surface area contributed by atoms with Crippen molar-refractivity contribution >= 4 is 17.7 Å². The predicted octanol–water partition coefficient (Wildman–Crippen LogP) is 1.02. The van der Waals surface area contributed by atoms with Crippen molar-refractivity contribution in [2.24, 2.45) is 11.7 Å². The molecule has 0 bridgehead atoms. The first-order valence-electron chi connectivity index (χ1n) is 6.58. The highest BCUT2D eigenvalue weighted by molar-refractivity contribution is 5.90. The van der Waals surface area contributed by atoms with Crippen LogP contribution in [0.15, 0.2) is 12.1 Å². The fourth-order valence-corrected chi connectivity index (χ4v) is 2.42. The monoisotopic (exact) mass is 278 g/mol. The number of hydrogen-bond acceptors (Lipinski definition) is 5. The molecule has 0 atom stereocenters. The molecule has 1 fully saturated rings. The first-order valence-corrected chi connectivity index (χ1v) is 6.58. The van der Waals surface area contributed by atoms with Crippen molar-refractivity contribution in [3.05, 3.63) is 17.8 Å². The zero-order chi connectivity index (χ0) is 14.8. The zero-order valence-electron chi connectivity index (χ0n) is 11.3. The molecule has 2 rings (SSSR count). The van der Waals surface area contributed by atoms with Gasteiger partial charge in [0.1, 0.15) is 11.4 Å². The van der Waals surface area contributed by atoms with Gasteiger partial charge in [-0.25, -0.2) is 4.79 Å². The molecule has 0 spiro atoms. The van der Waals surface area contributed by atoms with E-state index in [1.807, 2.05) is 0 Å². The molecular formula is C13H18N4O3. The smallest absolute Gasteiger partial charge is 0.329 e. The van der Waals surface area contributed by atoms with Crippen LogP contribution in [-0.2, 0) is 4.79 Å². The van der Waals surface area contributed by atoms with Gasteiger partial charge in [-0.2, -0.15) is 0 Å². The van der Waals surface area contributed by atoms with Crippen molar-refractivity contribution in [3.63, 3.8) is 0 Å². The van der Waals surface area contributed by atoms with Gasteiger partial charge in [-0.3, -0.25) is 4.79 Å². The SMILES string of the molecule is CC1CCC(Nc2ccc(C(N)=O)nn2)(C(=O)O)CC1. The van der Waals surface area contributed by atoms with E-state index in [1.54, 1.807) is 0 Å². The van der Waals surface area contributed by atoms with Crippen LogP contribution in [0.5, 0.6) is 0 Å². The Bertz CT molecular complexity index is 507. The van der Waals surface area contributed by atoms with Crippen LogP contribution in [0.1, 0.15) is 43.1 Å². The van der Waals surface area contributed by atoms with E-state index in [1.165, 1.54) is 12.1 Å². The third kappa shape index (κ3) is 2.87. The average molecular weight is 278 g/mol. The molecule has 1 amide bonds. The highest BCUT2D eigenvalue weighted by Gasteiger charge is 2.41. The lowest BCUT2D eigenvalue weighted by Crippen LogP contribution is -2.49. The lowest BCUT2D eigenvalue weighted by atomic mass is 9.77. The fourth-order valence-electron chi connectivity index (χ4n) is 2.42. The van der Waals surface area contributed by atoms with Crippen molar-refractivity contribution < 1.29 is 14.7 Å². The van der Waals surface area contributed by atoms with Gasteiger partial charge < -0.3 is 16.2 Å². The molecular weight excluding hydrogens is 260 g/mol. The first kappa shape index (κ1) is 14.2. The molecule has 108 valence electrons. The van der Waals surface area contributed by atoms with E-state index < -0.39 is 17.4 Å². The highest BCUT2D eigenvalue weighted by atomic mass is 16.4. The number of carbonyl (C=O) groups excluding carboxylic acids is 1. The third-order valence-electron chi connectivity index (χ3n) is 3.82. The number of nitrogens with one attached hydrogen (secondary N) is 1. The summed E-state index contributed by atoms with van der Waals surface area (Å²) in [5, 5.41) is 19.9. The average Bonchev–Trinajstić information content (AvgIpc) is 2.42. The number of nitrogens with two attached hydrogens (primary N) is 1. The summed E-state index contributed by atoms with van der Waals surface area (Å²) >= 11 is 0. The number of carboxylic acids is 1. The molecule has 1 heterocycles. The van der Waals surface area contributed by atoms with E-state index >= 15 is 0 Å². The number of aromatic nitrogens is 2. The van der Waals surface area contributed by atoms with Crippen LogP contribution < -0.4 is 11.1 Å². The fraction of sp³-hybridized carbons (Fsp3) is 0.538. The molecule has 0 aliphatic heterocycles. The highest BCUT2D eigenvalue weighted by Crippen LogP contribution is 2.34. The second-order valence-corrected chi connectivity index (χ2v) is 5.36. The summed E-state index contributed by atoms with van der Waals surface area (Å²) in [4.78, 5) is 22.5. The molecule has 7 nitrogen and oxygen atoms in total. The number of amides is 1. The minimum Gasteiger partial charge on any atom is -0.480 e. The van der Waals surface area contributed by atoms with Crippen LogP contribution in [0.4, 0.5) is 5.82 Å². The minimum absolute atomic E-state index is 0.0530. The van der Waals surface area contributed by atoms with E-state index in [4.69, 9.17) is 5.73 Å². The number of primary amides is 1. The number of hydrogen-bond donors (Lipinski definition) is 3. The van der Waals surface area contributed by atoms with Gasteiger partial charge in [0.15, 0.2) is 5.69 Å². The maximum absolute atomic E-state index is 11.6. The quantitative estimate of drug-likeness (QED) is 0.756. The minimum atomic E-state index is -1.00. The molecule has 7 heteroatoms. The summed E-state index contributed by atoms with van der Waals surface area (Å²) in [5.41, 5.74) is 4.13.